The number of aryl methyl sites for hydroxylation is 1. The molecule has 6 nitrogen and oxygen atoms in total. The molecule has 29 heavy (non-hydrogen) atoms. The molecule has 1 aliphatic carbocycles. The molecule has 1 heterocycles. The Balaban J connectivity index is 1.52. The second-order valence-corrected chi connectivity index (χ2v) is 7.21. The van der Waals surface area contributed by atoms with Crippen LogP contribution < -0.4 is 16.2 Å². The van der Waals surface area contributed by atoms with Gasteiger partial charge in [0, 0.05) is 29.2 Å². The molecule has 0 aliphatic heterocycles. The van der Waals surface area contributed by atoms with E-state index in [1.54, 1.807) is 48.7 Å². The lowest BCUT2D eigenvalue weighted by Crippen LogP contribution is -2.33. The van der Waals surface area contributed by atoms with Gasteiger partial charge in [0.1, 0.15) is 5.56 Å². The van der Waals surface area contributed by atoms with Gasteiger partial charge in [-0.3, -0.25) is 19.0 Å². The Morgan fingerprint density at radius 1 is 0.931 bits per heavy atom. The number of pyridine rings is 1. The largest absolute Gasteiger partial charge is 0.349 e. The van der Waals surface area contributed by atoms with Crippen LogP contribution in [0, 0.1) is 6.92 Å². The second-order valence-electron chi connectivity index (χ2n) is 7.21. The molecule has 6 heteroatoms. The van der Waals surface area contributed by atoms with E-state index in [-0.39, 0.29) is 29.0 Å². The lowest BCUT2D eigenvalue weighted by molar-refractivity contribution is 0.0948. The number of anilines is 1. The highest BCUT2D eigenvalue weighted by Gasteiger charge is 2.25. The molecule has 2 aromatic carbocycles. The van der Waals surface area contributed by atoms with Crippen molar-refractivity contribution in [2.24, 2.45) is 0 Å². The van der Waals surface area contributed by atoms with Gasteiger partial charge in [-0.05, 0) is 68.3 Å². The van der Waals surface area contributed by atoms with Crippen molar-refractivity contribution in [3.05, 3.63) is 93.9 Å². The topological polar surface area (TPSA) is 80.2 Å². The fourth-order valence-corrected chi connectivity index (χ4v) is 2.97. The van der Waals surface area contributed by atoms with Crippen molar-refractivity contribution in [2.75, 3.05) is 5.32 Å². The fraction of sp³-hybridized carbons (Fsp3) is 0.174. The Morgan fingerprint density at radius 3 is 2.28 bits per heavy atom. The molecular formula is C23H21N3O3. The summed E-state index contributed by atoms with van der Waals surface area (Å²) in [5.74, 6) is -0.539. The minimum atomic E-state index is -0.373. The number of benzene rings is 2. The van der Waals surface area contributed by atoms with Crippen LogP contribution in [-0.4, -0.2) is 22.4 Å². The number of hydrogen-bond donors (Lipinski definition) is 2. The van der Waals surface area contributed by atoms with Crippen LogP contribution in [0.25, 0.3) is 5.69 Å². The zero-order chi connectivity index (χ0) is 20.4. The first kappa shape index (κ1) is 18.7. The molecule has 0 radical (unpaired) electrons. The average molecular weight is 387 g/mol. The minimum absolute atomic E-state index is 0.121. The number of nitrogens with one attached hydrogen (secondary N) is 2. The van der Waals surface area contributed by atoms with Crippen molar-refractivity contribution < 1.29 is 9.59 Å². The van der Waals surface area contributed by atoms with Crippen LogP contribution in [0.4, 0.5) is 5.69 Å². The first-order valence-electron chi connectivity index (χ1n) is 9.52. The fourth-order valence-electron chi connectivity index (χ4n) is 2.97. The van der Waals surface area contributed by atoms with Gasteiger partial charge in [0.05, 0.1) is 0 Å². The lowest BCUT2D eigenvalue weighted by atomic mass is 10.1. The quantitative estimate of drug-likeness (QED) is 0.705. The summed E-state index contributed by atoms with van der Waals surface area (Å²) < 4.78 is 1.42. The van der Waals surface area contributed by atoms with E-state index in [0.717, 1.165) is 18.4 Å². The Bertz CT molecular complexity index is 1110. The Kier molecular flexibility index (Phi) is 4.99. The summed E-state index contributed by atoms with van der Waals surface area (Å²) in [5, 5.41) is 5.68. The third-order valence-corrected chi connectivity index (χ3v) is 4.82. The maximum Gasteiger partial charge on any atom is 0.267 e. The molecule has 0 spiro atoms. The van der Waals surface area contributed by atoms with Gasteiger partial charge in [-0.15, -0.1) is 0 Å². The van der Waals surface area contributed by atoms with Crippen LogP contribution in [-0.2, 0) is 0 Å². The third kappa shape index (κ3) is 4.27. The van der Waals surface area contributed by atoms with Crippen molar-refractivity contribution >= 4 is 17.5 Å². The summed E-state index contributed by atoms with van der Waals surface area (Å²) in [6.07, 6.45) is 3.54. The van der Waals surface area contributed by atoms with E-state index in [2.05, 4.69) is 10.6 Å². The maximum absolute atomic E-state index is 12.7. The maximum atomic E-state index is 12.7. The zero-order valence-corrected chi connectivity index (χ0v) is 16.0. The van der Waals surface area contributed by atoms with Gasteiger partial charge in [-0.2, -0.15) is 0 Å². The van der Waals surface area contributed by atoms with E-state index in [1.165, 1.54) is 10.6 Å². The van der Waals surface area contributed by atoms with Crippen LogP contribution in [0.1, 0.15) is 39.1 Å². The number of carbonyl (C=O) groups excluding carboxylic acids is 2. The molecule has 1 aromatic heterocycles. The SMILES string of the molecule is Cc1ccc(C(=O)Nc2ccc(-n3cccc(C(=O)NC4CC4)c3=O)cc2)cc1. The first-order chi connectivity index (χ1) is 14.0. The number of amides is 2. The van der Waals surface area contributed by atoms with Crippen LogP contribution in [0.3, 0.4) is 0 Å². The van der Waals surface area contributed by atoms with Gasteiger partial charge in [0.2, 0.25) is 0 Å². The summed E-state index contributed by atoms with van der Waals surface area (Å²) in [6, 6.07) is 17.6. The van der Waals surface area contributed by atoms with Crippen molar-refractivity contribution in [2.45, 2.75) is 25.8 Å². The first-order valence-corrected chi connectivity index (χ1v) is 9.52. The van der Waals surface area contributed by atoms with Gasteiger partial charge in [-0.25, -0.2) is 0 Å². The number of carbonyl (C=O) groups is 2. The van der Waals surface area contributed by atoms with Gasteiger partial charge < -0.3 is 10.6 Å². The molecule has 2 N–H and O–H groups in total. The van der Waals surface area contributed by atoms with Gasteiger partial charge >= 0.3 is 0 Å². The van der Waals surface area contributed by atoms with Crippen LogP contribution in [0.15, 0.2) is 71.7 Å². The summed E-state index contributed by atoms with van der Waals surface area (Å²) in [7, 11) is 0. The molecule has 0 bridgehead atoms. The third-order valence-electron chi connectivity index (χ3n) is 4.82. The highest BCUT2D eigenvalue weighted by Crippen LogP contribution is 2.19. The molecule has 1 fully saturated rings. The Labute approximate surface area is 168 Å². The van der Waals surface area contributed by atoms with Crippen LogP contribution in [0.5, 0.6) is 0 Å². The average Bonchev–Trinajstić information content (AvgIpc) is 3.53. The molecule has 146 valence electrons. The molecule has 3 aromatic rings. The second kappa shape index (κ2) is 7.75. The van der Waals surface area contributed by atoms with Crippen LogP contribution in [0.2, 0.25) is 0 Å². The molecule has 4 rings (SSSR count). The summed E-state index contributed by atoms with van der Waals surface area (Å²) >= 11 is 0. The van der Waals surface area contributed by atoms with E-state index < -0.39 is 0 Å². The molecule has 0 atom stereocenters. The standard InChI is InChI=1S/C23H21N3O3/c1-15-4-6-16(7-5-15)21(27)24-18-10-12-19(13-11-18)26-14-2-3-20(23(26)29)22(28)25-17-8-9-17/h2-7,10-14,17H,8-9H2,1H3,(H,24,27)(H,25,28). The van der Waals surface area contributed by atoms with E-state index >= 15 is 0 Å². The van der Waals surface area contributed by atoms with E-state index in [1.807, 2.05) is 19.1 Å². The number of aromatic nitrogens is 1. The monoisotopic (exact) mass is 387 g/mol. The van der Waals surface area contributed by atoms with Gasteiger partial charge in [0.25, 0.3) is 17.4 Å². The van der Waals surface area contributed by atoms with Crippen molar-refractivity contribution in [3.63, 3.8) is 0 Å². The van der Waals surface area contributed by atoms with Gasteiger partial charge in [0.15, 0.2) is 0 Å². The Morgan fingerprint density at radius 2 is 1.62 bits per heavy atom. The minimum Gasteiger partial charge on any atom is -0.349 e. The van der Waals surface area contributed by atoms with E-state index in [9.17, 15) is 14.4 Å². The van der Waals surface area contributed by atoms with Crippen molar-refractivity contribution in [1.82, 2.24) is 9.88 Å². The predicted octanol–water partition coefficient (Wildman–Crippen LogP) is 3.29. The molecule has 1 saturated carbocycles. The molecule has 2 amide bonds. The highest BCUT2D eigenvalue weighted by molar-refractivity contribution is 6.04. The van der Waals surface area contributed by atoms with E-state index in [0.29, 0.717) is 16.9 Å². The molecule has 0 unspecified atom stereocenters. The Hall–Kier alpha value is -3.67. The van der Waals surface area contributed by atoms with E-state index in [4.69, 9.17) is 0 Å². The lowest BCUT2D eigenvalue weighted by Gasteiger charge is -2.10. The molecule has 0 saturated heterocycles. The van der Waals surface area contributed by atoms with Gasteiger partial charge in [-0.1, -0.05) is 17.7 Å². The number of hydrogen-bond acceptors (Lipinski definition) is 3. The smallest absolute Gasteiger partial charge is 0.267 e. The zero-order valence-electron chi connectivity index (χ0n) is 16.0. The summed E-state index contributed by atoms with van der Waals surface area (Å²) in [4.78, 5) is 37.3. The highest BCUT2D eigenvalue weighted by atomic mass is 16.2. The number of rotatable bonds is 5. The van der Waals surface area contributed by atoms with Crippen molar-refractivity contribution in [1.29, 1.82) is 0 Å². The van der Waals surface area contributed by atoms with Crippen molar-refractivity contribution in [3.8, 4) is 5.69 Å². The molecular weight excluding hydrogens is 366 g/mol. The number of nitrogens with zero attached hydrogens (tertiary/aromatic N) is 1. The summed E-state index contributed by atoms with van der Waals surface area (Å²) in [6.45, 7) is 1.97. The molecule has 1 aliphatic rings. The normalized spacial score (nSPS) is 13.0. The van der Waals surface area contributed by atoms with Crippen LogP contribution >= 0.6 is 0 Å². The summed E-state index contributed by atoms with van der Waals surface area (Å²) in [5.41, 5.74) is 2.65. The predicted molar refractivity (Wildman–Crippen MR) is 112 cm³/mol.